The Balaban J connectivity index is 2.09. The number of nitrogens with one attached hydrogen (secondary N) is 1. The monoisotopic (exact) mass is 323 g/mol. The summed E-state index contributed by atoms with van der Waals surface area (Å²) in [6, 6.07) is 3.00. The molecular weight excluding hydrogens is 298 g/mol. The predicted molar refractivity (Wildman–Crippen MR) is 85.1 cm³/mol. The Morgan fingerprint density at radius 1 is 1.39 bits per heavy atom. The molecule has 1 saturated heterocycles. The van der Waals surface area contributed by atoms with E-state index in [-0.39, 0.29) is 12.6 Å². The Labute approximate surface area is 136 Å². The van der Waals surface area contributed by atoms with E-state index in [0.717, 1.165) is 5.69 Å². The summed E-state index contributed by atoms with van der Waals surface area (Å²) < 4.78 is 5.34. The summed E-state index contributed by atoms with van der Waals surface area (Å²) in [7, 11) is 0. The largest absolute Gasteiger partial charge is 0.480 e. The number of carboxylic acids is 1. The van der Waals surface area contributed by atoms with Gasteiger partial charge in [0.05, 0.1) is 6.54 Å². The van der Waals surface area contributed by atoms with Gasteiger partial charge in [-0.25, -0.2) is 4.79 Å². The molecule has 0 radical (unpaired) electrons. The minimum absolute atomic E-state index is 0.0631. The SMILES string of the molecule is C[C@H](c1ccc[nH]1)N1CCN(C(=O)OC(C)(C)C)C[C@H]1C(=O)O. The van der Waals surface area contributed by atoms with E-state index in [2.05, 4.69) is 4.98 Å². The normalized spacial score (nSPS) is 21.0. The van der Waals surface area contributed by atoms with Crippen LogP contribution in [0.3, 0.4) is 0 Å². The lowest BCUT2D eigenvalue weighted by Crippen LogP contribution is -2.58. The molecule has 0 saturated carbocycles. The number of hydrogen-bond donors (Lipinski definition) is 2. The van der Waals surface area contributed by atoms with Crippen molar-refractivity contribution in [2.75, 3.05) is 19.6 Å². The van der Waals surface area contributed by atoms with Gasteiger partial charge < -0.3 is 19.7 Å². The Morgan fingerprint density at radius 3 is 2.61 bits per heavy atom. The first-order valence-electron chi connectivity index (χ1n) is 7.79. The number of H-pyrrole nitrogens is 1. The molecule has 1 fully saturated rings. The maximum Gasteiger partial charge on any atom is 0.410 e. The molecule has 1 amide bonds. The Kier molecular flexibility index (Phi) is 4.99. The van der Waals surface area contributed by atoms with Crippen molar-refractivity contribution in [3.05, 3.63) is 24.0 Å². The quantitative estimate of drug-likeness (QED) is 0.889. The van der Waals surface area contributed by atoms with Crippen LogP contribution in [0.5, 0.6) is 0 Å². The van der Waals surface area contributed by atoms with E-state index in [1.807, 2.05) is 30.2 Å². The lowest BCUT2D eigenvalue weighted by Gasteiger charge is -2.42. The second kappa shape index (κ2) is 6.62. The van der Waals surface area contributed by atoms with E-state index >= 15 is 0 Å². The number of carbonyl (C=O) groups excluding carboxylic acids is 1. The van der Waals surface area contributed by atoms with Crippen LogP contribution in [0.15, 0.2) is 18.3 Å². The Bertz CT molecular complexity index is 550. The van der Waals surface area contributed by atoms with Crippen molar-refractivity contribution < 1.29 is 19.4 Å². The van der Waals surface area contributed by atoms with E-state index in [1.165, 1.54) is 4.90 Å². The molecule has 0 unspecified atom stereocenters. The first-order valence-corrected chi connectivity index (χ1v) is 7.79. The lowest BCUT2D eigenvalue weighted by atomic mass is 10.1. The van der Waals surface area contributed by atoms with Gasteiger partial charge in [-0.15, -0.1) is 0 Å². The highest BCUT2D eigenvalue weighted by molar-refractivity contribution is 5.76. The van der Waals surface area contributed by atoms with Crippen molar-refractivity contribution in [3.63, 3.8) is 0 Å². The molecule has 1 aliphatic rings. The number of carbonyl (C=O) groups is 2. The first kappa shape index (κ1) is 17.3. The number of hydrogen-bond acceptors (Lipinski definition) is 4. The molecule has 7 nitrogen and oxygen atoms in total. The average Bonchev–Trinajstić information content (AvgIpc) is 2.98. The molecule has 1 aromatic rings. The van der Waals surface area contributed by atoms with Gasteiger partial charge in [-0.3, -0.25) is 9.69 Å². The van der Waals surface area contributed by atoms with Crippen molar-refractivity contribution in [1.82, 2.24) is 14.8 Å². The van der Waals surface area contributed by atoms with Gasteiger partial charge in [0.1, 0.15) is 11.6 Å². The van der Waals surface area contributed by atoms with E-state index in [0.29, 0.717) is 13.1 Å². The van der Waals surface area contributed by atoms with Gasteiger partial charge in [-0.05, 0) is 39.8 Å². The molecule has 0 spiro atoms. The van der Waals surface area contributed by atoms with Gasteiger partial charge in [0, 0.05) is 31.0 Å². The summed E-state index contributed by atoms with van der Waals surface area (Å²) >= 11 is 0. The number of aromatic nitrogens is 1. The van der Waals surface area contributed by atoms with Crippen LogP contribution in [-0.2, 0) is 9.53 Å². The molecule has 128 valence electrons. The van der Waals surface area contributed by atoms with Gasteiger partial charge >= 0.3 is 12.1 Å². The summed E-state index contributed by atoms with van der Waals surface area (Å²) in [5.74, 6) is -0.934. The molecule has 7 heteroatoms. The molecule has 2 N–H and O–H groups in total. The predicted octanol–water partition coefficient (Wildman–Crippen LogP) is 2.08. The highest BCUT2D eigenvalue weighted by atomic mass is 16.6. The van der Waals surface area contributed by atoms with Crippen LogP contribution in [0, 0.1) is 0 Å². The van der Waals surface area contributed by atoms with Crippen LogP contribution in [0.1, 0.15) is 39.4 Å². The Hall–Kier alpha value is -2.02. The number of ether oxygens (including phenoxy) is 1. The number of nitrogens with zero attached hydrogens (tertiary/aromatic N) is 2. The second-order valence-corrected chi connectivity index (χ2v) is 6.82. The summed E-state index contributed by atoms with van der Waals surface area (Å²) in [6.45, 7) is 8.40. The third-order valence-corrected chi connectivity index (χ3v) is 3.93. The van der Waals surface area contributed by atoms with Crippen LogP contribution >= 0.6 is 0 Å². The van der Waals surface area contributed by atoms with E-state index in [9.17, 15) is 14.7 Å². The van der Waals surface area contributed by atoms with Crippen molar-refractivity contribution in [2.45, 2.75) is 45.4 Å². The van der Waals surface area contributed by atoms with Crippen LogP contribution in [-0.4, -0.2) is 63.2 Å². The fourth-order valence-electron chi connectivity index (χ4n) is 2.76. The Morgan fingerprint density at radius 2 is 2.09 bits per heavy atom. The minimum atomic E-state index is -0.934. The molecule has 1 aromatic heterocycles. The molecule has 2 atom stereocenters. The minimum Gasteiger partial charge on any atom is -0.480 e. The third kappa shape index (κ3) is 4.25. The topological polar surface area (TPSA) is 85.9 Å². The van der Waals surface area contributed by atoms with Gasteiger partial charge in [-0.1, -0.05) is 0 Å². The summed E-state index contributed by atoms with van der Waals surface area (Å²) in [6.07, 6.45) is 1.36. The van der Waals surface area contributed by atoms with Crippen LogP contribution in [0.4, 0.5) is 4.79 Å². The molecule has 2 heterocycles. The van der Waals surface area contributed by atoms with Gasteiger partial charge in [-0.2, -0.15) is 0 Å². The van der Waals surface area contributed by atoms with Crippen molar-refractivity contribution in [1.29, 1.82) is 0 Å². The summed E-state index contributed by atoms with van der Waals surface area (Å²) in [5, 5.41) is 9.56. The van der Waals surface area contributed by atoms with Crippen molar-refractivity contribution in [2.24, 2.45) is 0 Å². The van der Waals surface area contributed by atoms with Crippen LogP contribution in [0.25, 0.3) is 0 Å². The van der Waals surface area contributed by atoms with Crippen LogP contribution < -0.4 is 0 Å². The van der Waals surface area contributed by atoms with E-state index in [1.54, 1.807) is 20.8 Å². The number of aromatic amines is 1. The molecule has 1 aliphatic heterocycles. The highest BCUT2D eigenvalue weighted by Crippen LogP contribution is 2.25. The van der Waals surface area contributed by atoms with Crippen molar-refractivity contribution in [3.8, 4) is 0 Å². The standard InChI is InChI=1S/C16H25N3O4/c1-11(12-6-5-7-17-12)19-9-8-18(10-13(19)14(20)21)15(22)23-16(2,3)4/h5-7,11,13,17H,8-10H2,1-4H3,(H,20,21)/t11-,13+/m1/s1. The van der Waals surface area contributed by atoms with Crippen molar-refractivity contribution >= 4 is 12.1 Å². The van der Waals surface area contributed by atoms with E-state index in [4.69, 9.17) is 4.74 Å². The second-order valence-electron chi connectivity index (χ2n) is 6.82. The number of rotatable bonds is 3. The highest BCUT2D eigenvalue weighted by Gasteiger charge is 2.38. The number of carboxylic acid groups (broad SMARTS) is 1. The average molecular weight is 323 g/mol. The zero-order chi connectivity index (χ0) is 17.2. The molecule has 0 bridgehead atoms. The fraction of sp³-hybridized carbons (Fsp3) is 0.625. The van der Waals surface area contributed by atoms with E-state index < -0.39 is 23.7 Å². The van der Waals surface area contributed by atoms with Crippen LogP contribution in [0.2, 0.25) is 0 Å². The maximum absolute atomic E-state index is 12.2. The number of amides is 1. The first-order chi connectivity index (χ1) is 10.7. The maximum atomic E-state index is 12.2. The zero-order valence-corrected chi connectivity index (χ0v) is 14.1. The molecule has 0 aliphatic carbocycles. The molecule has 23 heavy (non-hydrogen) atoms. The summed E-state index contributed by atoms with van der Waals surface area (Å²) in [5.41, 5.74) is 0.367. The summed E-state index contributed by atoms with van der Waals surface area (Å²) in [4.78, 5) is 30.3. The van der Waals surface area contributed by atoms with Gasteiger partial charge in [0.15, 0.2) is 0 Å². The molecule has 2 rings (SSSR count). The lowest BCUT2D eigenvalue weighted by molar-refractivity contribution is -0.147. The zero-order valence-electron chi connectivity index (χ0n) is 14.1. The van der Waals surface area contributed by atoms with Gasteiger partial charge in [0.25, 0.3) is 0 Å². The van der Waals surface area contributed by atoms with Gasteiger partial charge in [0.2, 0.25) is 0 Å². The molecule has 0 aromatic carbocycles. The smallest absolute Gasteiger partial charge is 0.410 e. The fourth-order valence-corrected chi connectivity index (χ4v) is 2.76. The third-order valence-electron chi connectivity index (χ3n) is 3.93. The number of piperazine rings is 1. The number of aliphatic carboxylic acids is 1. The molecular formula is C16H25N3O4.